The van der Waals surface area contributed by atoms with E-state index >= 15 is 0 Å². The molecular formula is C17H12BrN3O. The minimum atomic E-state index is 0.769. The summed E-state index contributed by atoms with van der Waals surface area (Å²) in [6.45, 7) is 0. The third kappa shape index (κ3) is 2.23. The maximum atomic E-state index is 5.24. The van der Waals surface area contributed by atoms with Crippen molar-refractivity contribution in [2.45, 2.75) is 0 Å². The van der Waals surface area contributed by atoms with E-state index in [4.69, 9.17) is 4.74 Å². The average molecular weight is 354 g/mol. The number of fused-ring (bicyclic) bond motifs is 2. The summed E-state index contributed by atoms with van der Waals surface area (Å²) in [7, 11) is 1.66. The zero-order valence-electron chi connectivity index (χ0n) is 11.8. The number of pyridine rings is 1. The molecule has 0 amide bonds. The number of aromatic nitrogens is 3. The molecule has 2 aromatic carbocycles. The minimum Gasteiger partial charge on any atom is -0.497 e. The fraction of sp³-hybridized carbons (Fsp3) is 0.0588. The summed E-state index contributed by atoms with van der Waals surface area (Å²) in [6.07, 6.45) is 0. The summed E-state index contributed by atoms with van der Waals surface area (Å²) >= 11 is 3.47. The van der Waals surface area contributed by atoms with Gasteiger partial charge >= 0.3 is 0 Å². The molecule has 0 aliphatic rings. The lowest BCUT2D eigenvalue weighted by Crippen LogP contribution is -1.88. The number of benzene rings is 2. The molecule has 4 rings (SSSR count). The molecule has 0 aliphatic heterocycles. The highest BCUT2D eigenvalue weighted by Crippen LogP contribution is 2.25. The van der Waals surface area contributed by atoms with E-state index in [0.717, 1.165) is 43.7 Å². The van der Waals surface area contributed by atoms with Crippen LogP contribution in [-0.2, 0) is 0 Å². The quantitative estimate of drug-likeness (QED) is 0.575. The zero-order valence-corrected chi connectivity index (χ0v) is 13.4. The van der Waals surface area contributed by atoms with Crippen molar-refractivity contribution in [1.82, 2.24) is 15.0 Å². The topological polar surface area (TPSA) is 50.8 Å². The van der Waals surface area contributed by atoms with Crippen LogP contribution in [0.2, 0.25) is 0 Å². The van der Waals surface area contributed by atoms with Crippen LogP contribution in [0.1, 0.15) is 0 Å². The first kappa shape index (κ1) is 13.3. The van der Waals surface area contributed by atoms with Crippen LogP contribution in [0.25, 0.3) is 33.5 Å². The molecule has 0 saturated heterocycles. The van der Waals surface area contributed by atoms with E-state index in [1.54, 1.807) is 7.11 Å². The predicted octanol–water partition coefficient (Wildman–Crippen LogP) is 4.55. The fourth-order valence-corrected chi connectivity index (χ4v) is 2.83. The monoisotopic (exact) mass is 353 g/mol. The summed E-state index contributed by atoms with van der Waals surface area (Å²) in [4.78, 5) is 12.6. The van der Waals surface area contributed by atoms with Crippen LogP contribution in [0.3, 0.4) is 0 Å². The Morgan fingerprint density at radius 1 is 0.955 bits per heavy atom. The van der Waals surface area contributed by atoms with Gasteiger partial charge in [-0.25, -0.2) is 9.97 Å². The highest BCUT2D eigenvalue weighted by Gasteiger charge is 2.08. The first-order chi connectivity index (χ1) is 10.7. The van der Waals surface area contributed by atoms with Gasteiger partial charge in [0.15, 0.2) is 5.82 Å². The fourth-order valence-electron chi connectivity index (χ4n) is 2.47. The molecule has 0 saturated carbocycles. The first-order valence-electron chi connectivity index (χ1n) is 6.83. The van der Waals surface area contributed by atoms with Gasteiger partial charge in [0.05, 0.1) is 23.7 Å². The number of rotatable bonds is 2. The molecule has 0 fully saturated rings. The lowest BCUT2D eigenvalue weighted by molar-refractivity contribution is 0.415. The van der Waals surface area contributed by atoms with E-state index in [-0.39, 0.29) is 0 Å². The number of aromatic amines is 1. The predicted molar refractivity (Wildman–Crippen MR) is 91.1 cm³/mol. The van der Waals surface area contributed by atoms with Gasteiger partial charge in [0.1, 0.15) is 11.4 Å². The molecular weight excluding hydrogens is 342 g/mol. The zero-order chi connectivity index (χ0) is 15.1. The smallest absolute Gasteiger partial charge is 0.157 e. The molecule has 22 heavy (non-hydrogen) atoms. The van der Waals surface area contributed by atoms with Crippen LogP contribution in [0.5, 0.6) is 5.75 Å². The highest BCUT2D eigenvalue weighted by atomic mass is 79.9. The lowest BCUT2D eigenvalue weighted by Gasteiger charge is -2.03. The van der Waals surface area contributed by atoms with Gasteiger partial charge in [0.2, 0.25) is 0 Å². The number of ether oxygens (including phenoxy) is 1. The van der Waals surface area contributed by atoms with Crippen molar-refractivity contribution >= 4 is 37.9 Å². The van der Waals surface area contributed by atoms with Gasteiger partial charge < -0.3 is 9.72 Å². The van der Waals surface area contributed by atoms with E-state index < -0.39 is 0 Å². The molecule has 0 bridgehead atoms. The SMILES string of the molecule is COc1ccc2nc(-c3nc4ccc(Br)cc4[nH]3)ccc2c1. The molecule has 0 atom stereocenters. The molecule has 108 valence electrons. The Labute approximate surface area is 135 Å². The van der Waals surface area contributed by atoms with Crippen LogP contribution in [0.15, 0.2) is 53.0 Å². The highest BCUT2D eigenvalue weighted by molar-refractivity contribution is 9.10. The van der Waals surface area contributed by atoms with Crippen molar-refractivity contribution in [1.29, 1.82) is 0 Å². The van der Waals surface area contributed by atoms with Crippen molar-refractivity contribution in [3.8, 4) is 17.3 Å². The molecule has 4 nitrogen and oxygen atoms in total. The van der Waals surface area contributed by atoms with Crippen LogP contribution < -0.4 is 4.74 Å². The van der Waals surface area contributed by atoms with Crippen LogP contribution in [-0.4, -0.2) is 22.1 Å². The minimum absolute atomic E-state index is 0.769. The summed E-state index contributed by atoms with van der Waals surface area (Å²) in [5, 5.41) is 1.04. The van der Waals surface area contributed by atoms with Gasteiger partial charge in [-0.2, -0.15) is 0 Å². The van der Waals surface area contributed by atoms with Gasteiger partial charge in [0.25, 0.3) is 0 Å². The Morgan fingerprint density at radius 3 is 2.68 bits per heavy atom. The number of nitrogens with zero attached hydrogens (tertiary/aromatic N) is 2. The normalized spacial score (nSPS) is 11.2. The maximum Gasteiger partial charge on any atom is 0.157 e. The first-order valence-corrected chi connectivity index (χ1v) is 7.63. The van der Waals surface area contributed by atoms with Crippen molar-refractivity contribution in [2.75, 3.05) is 7.11 Å². The molecule has 1 N–H and O–H groups in total. The molecule has 2 aromatic heterocycles. The van der Waals surface area contributed by atoms with Gasteiger partial charge in [-0.05, 0) is 42.5 Å². The van der Waals surface area contributed by atoms with Gasteiger partial charge in [0, 0.05) is 9.86 Å². The van der Waals surface area contributed by atoms with Crippen molar-refractivity contribution in [3.05, 3.63) is 53.0 Å². The van der Waals surface area contributed by atoms with Crippen LogP contribution in [0, 0.1) is 0 Å². The molecule has 4 aromatic rings. The third-order valence-electron chi connectivity index (χ3n) is 3.58. The third-order valence-corrected chi connectivity index (χ3v) is 4.08. The van der Waals surface area contributed by atoms with Crippen molar-refractivity contribution in [2.24, 2.45) is 0 Å². The number of hydrogen-bond donors (Lipinski definition) is 1. The lowest BCUT2D eigenvalue weighted by atomic mass is 10.2. The summed E-state index contributed by atoms with van der Waals surface area (Å²) in [6, 6.07) is 15.8. The standard InChI is InChI=1S/C17H12BrN3O/c1-22-12-4-7-13-10(8-12)2-5-15(19-13)17-20-14-6-3-11(18)9-16(14)21-17/h2-9H,1H3,(H,20,21). The Morgan fingerprint density at radius 2 is 1.82 bits per heavy atom. The van der Waals surface area contributed by atoms with Gasteiger partial charge in [-0.15, -0.1) is 0 Å². The average Bonchev–Trinajstić information content (AvgIpc) is 2.96. The molecule has 0 aliphatic carbocycles. The number of H-pyrrole nitrogens is 1. The Hall–Kier alpha value is -2.40. The van der Waals surface area contributed by atoms with E-state index in [9.17, 15) is 0 Å². The van der Waals surface area contributed by atoms with Crippen molar-refractivity contribution < 1.29 is 4.74 Å². The maximum absolute atomic E-state index is 5.24. The Balaban J connectivity index is 1.84. The number of hydrogen-bond acceptors (Lipinski definition) is 3. The Kier molecular flexibility index (Phi) is 3.08. The number of imidazole rings is 1. The van der Waals surface area contributed by atoms with E-state index in [0.29, 0.717) is 0 Å². The molecule has 0 unspecified atom stereocenters. The van der Waals surface area contributed by atoms with Crippen molar-refractivity contribution in [3.63, 3.8) is 0 Å². The van der Waals surface area contributed by atoms with Gasteiger partial charge in [-0.3, -0.25) is 0 Å². The van der Waals surface area contributed by atoms with Crippen LogP contribution >= 0.6 is 15.9 Å². The largest absolute Gasteiger partial charge is 0.497 e. The van der Waals surface area contributed by atoms with E-state index in [2.05, 4.69) is 30.9 Å². The molecule has 0 spiro atoms. The number of nitrogens with one attached hydrogen (secondary N) is 1. The van der Waals surface area contributed by atoms with E-state index in [1.165, 1.54) is 0 Å². The van der Waals surface area contributed by atoms with Gasteiger partial charge in [-0.1, -0.05) is 22.0 Å². The second kappa shape index (κ2) is 5.10. The van der Waals surface area contributed by atoms with Crippen LogP contribution in [0.4, 0.5) is 0 Å². The summed E-state index contributed by atoms with van der Waals surface area (Å²) in [5.41, 5.74) is 3.65. The summed E-state index contributed by atoms with van der Waals surface area (Å²) < 4.78 is 6.26. The molecule has 2 heterocycles. The molecule has 5 heteroatoms. The number of methoxy groups -OCH3 is 1. The number of halogens is 1. The molecule has 0 radical (unpaired) electrons. The second-order valence-electron chi connectivity index (χ2n) is 5.00. The second-order valence-corrected chi connectivity index (χ2v) is 5.92. The van der Waals surface area contributed by atoms with E-state index in [1.807, 2.05) is 48.5 Å². The Bertz CT molecular complexity index is 994. The summed E-state index contributed by atoms with van der Waals surface area (Å²) in [5.74, 6) is 1.60.